The lowest BCUT2D eigenvalue weighted by molar-refractivity contribution is 0.353. The van der Waals surface area contributed by atoms with E-state index in [0.29, 0.717) is 24.5 Å². The van der Waals surface area contributed by atoms with Crippen LogP contribution in [0.4, 0.5) is 30.2 Å². The number of nitrogens with one attached hydrogen (secondary N) is 3. The van der Waals surface area contributed by atoms with Gasteiger partial charge in [0.2, 0.25) is 25.9 Å². The quantitative estimate of drug-likeness (QED) is 0.150. The van der Waals surface area contributed by atoms with E-state index in [4.69, 9.17) is 14.2 Å². The predicted molar refractivity (Wildman–Crippen MR) is 174 cm³/mol. The predicted octanol–water partition coefficient (Wildman–Crippen LogP) is 5.47. The summed E-state index contributed by atoms with van der Waals surface area (Å²) in [4.78, 5) is 12.1. The second-order valence-electron chi connectivity index (χ2n) is 11.0. The fourth-order valence-corrected chi connectivity index (χ4v) is 6.86. The minimum atomic E-state index is -4.27. The molecule has 2 aromatic heterocycles. The van der Waals surface area contributed by atoms with Crippen molar-refractivity contribution in [2.24, 2.45) is 0 Å². The van der Waals surface area contributed by atoms with E-state index >= 15 is 4.39 Å². The summed E-state index contributed by atoms with van der Waals surface area (Å²) in [6.45, 7) is 0. The lowest BCUT2D eigenvalue weighted by Gasteiger charge is -2.18. The van der Waals surface area contributed by atoms with Gasteiger partial charge in [0.1, 0.15) is 33.8 Å². The molecule has 3 aromatic carbocycles. The van der Waals surface area contributed by atoms with Crippen molar-refractivity contribution >= 4 is 48.0 Å². The van der Waals surface area contributed by atoms with E-state index in [1.807, 2.05) is 0 Å². The Bertz CT molecular complexity index is 2310. The molecule has 5 aromatic rings. The van der Waals surface area contributed by atoms with Crippen LogP contribution in [0.5, 0.6) is 23.4 Å². The molecule has 3 N–H and O–H groups in total. The summed E-state index contributed by atoms with van der Waals surface area (Å²) in [5.74, 6) is -3.00. The Balaban J connectivity index is 1.51. The average molecular weight is 717 g/mol. The van der Waals surface area contributed by atoms with E-state index in [1.54, 1.807) is 0 Å². The number of benzene rings is 3. The monoisotopic (exact) mass is 716 g/mol. The van der Waals surface area contributed by atoms with Crippen LogP contribution in [0.1, 0.15) is 12.8 Å². The van der Waals surface area contributed by atoms with Crippen molar-refractivity contribution in [3.63, 3.8) is 0 Å². The molecule has 13 nitrogen and oxygen atoms in total. The van der Waals surface area contributed by atoms with E-state index in [2.05, 4.69) is 29.7 Å². The van der Waals surface area contributed by atoms with E-state index < -0.39 is 42.4 Å². The summed E-state index contributed by atoms with van der Waals surface area (Å²) in [5.41, 5.74) is 0.295. The highest BCUT2D eigenvalue weighted by molar-refractivity contribution is 7.92. The second kappa shape index (κ2) is 13.0. The first-order chi connectivity index (χ1) is 23.2. The summed E-state index contributed by atoms with van der Waals surface area (Å²) >= 11 is 0. The van der Waals surface area contributed by atoms with Crippen molar-refractivity contribution in [1.82, 2.24) is 19.7 Å². The molecule has 0 saturated heterocycles. The van der Waals surface area contributed by atoms with Crippen molar-refractivity contribution in [2.75, 3.05) is 30.5 Å². The summed E-state index contributed by atoms with van der Waals surface area (Å²) < 4.78 is 116. The Morgan fingerprint density at radius 1 is 0.816 bits per heavy atom. The standard InChI is InChI=1S/C31H27F3N6O7S2/c1-45-30-24(14-36-31(38-30)46-2)16-6-25(34)28-26(7-16)35-15-27(49(43,44)40-19-4-5-19)29(28)37-20-11-21(39-48(3,41)42)13-23(12-20)47-22-9-17(32)8-18(33)10-22/h6-15,19,39-40H,4-5H2,1-3H3,(H,35,37). The summed E-state index contributed by atoms with van der Waals surface area (Å²) in [6, 6.07) is 8.62. The molecule has 1 saturated carbocycles. The van der Waals surface area contributed by atoms with Crippen LogP contribution in [0.3, 0.4) is 0 Å². The summed E-state index contributed by atoms with van der Waals surface area (Å²) in [6.07, 6.45) is 4.57. The number of fused-ring (bicyclic) bond motifs is 1. The Morgan fingerprint density at radius 2 is 1.51 bits per heavy atom. The molecule has 49 heavy (non-hydrogen) atoms. The molecule has 0 unspecified atom stereocenters. The van der Waals surface area contributed by atoms with Crippen LogP contribution in [-0.4, -0.2) is 58.3 Å². The van der Waals surface area contributed by atoms with Gasteiger partial charge in [-0.25, -0.2) is 39.7 Å². The minimum Gasteiger partial charge on any atom is -0.480 e. The number of hydrogen-bond donors (Lipinski definition) is 3. The molecule has 6 rings (SSSR count). The smallest absolute Gasteiger partial charge is 0.319 e. The van der Waals surface area contributed by atoms with E-state index in [1.165, 1.54) is 44.7 Å². The third-order valence-corrected chi connectivity index (χ3v) is 9.18. The Hall–Kier alpha value is -5.20. The van der Waals surface area contributed by atoms with E-state index in [-0.39, 0.29) is 63.0 Å². The zero-order chi connectivity index (χ0) is 35.1. The minimum absolute atomic E-state index is 0.0166. The van der Waals surface area contributed by atoms with Crippen molar-refractivity contribution in [1.29, 1.82) is 0 Å². The van der Waals surface area contributed by atoms with Gasteiger partial charge in [-0.3, -0.25) is 9.71 Å². The van der Waals surface area contributed by atoms with Gasteiger partial charge in [-0.2, -0.15) is 4.98 Å². The van der Waals surface area contributed by atoms with Crippen LogP contribution >= 0.6 is 0 Å². The maximum atomic E-state index is 16.3. The largest absolute Gasteiger partial charge is 0.480 e. The van der Waals surface area contributed by atoms with Crippen LogP contribution in [0.25, 0.3) is 22.0 Å². The van der Waals surface area contributed by atoms with Gasteiger partial charge < -0.3 is 19.5 Å². The van der Waals surface area contributed by atoms with Gasteiger partial charge in [0.15, 0.2) is 0 Å². The van der Waals surface area contributed by atoms with Gasteiger partial charge in [0.05, 0.1) is 48.3 Å². The van der Waals surface area contributed by atoms with Crippen molar-refractivity contribution < 1.29 is 44.2 Å². The molecular weight excluding hydrogens is 690 g/mol. The highest BCUT2D eigenvalue weighted by Crippen LogP contribution is 2.40. The Kier molecular flexibility index (Phi) is 8.95. The number of halogens is 3. The zero-order valence-corrected chi connectivity index (χ0v) is 27.5. The van der Waals surface area contributed by atoms with E-state index in [9.17, 15) is 25.6 Å². The van der Waals surface area contributed by atoms with Crippen molar-refractivity contribution in [2.45, 2.75) is 23.8 Å². The lowest BCUT2D eigenvalue weighted by Crippen LogP contribution is -2.26. The molecule has 0 aliphatic heterocycles. The number of nitrogens with zero attached hydrogens (tertiary/aromatic N) is 3. The molecule has 1 aliphatic carbocycles. The number of rotatable bonds is 12. The Morgan fingerprint density at radius 3 is 2.16 bits per heavy atom. The average Bonchev–Trinajstić information content (AvgIpc) is 3.82. The fourth-order valence-electron chi connectivity index (χ4n) is 4.90. The van der Waals surface area contributed by atoms with Gasteiger partial charge in [-0.05, 0) is 36.6 Å². The Labute approximate surface area is 278 Å². The van der Waals surface area contributed by atoms with Crippen molar-refractivity contribution in [3.05, 3.63) is 78.4 Å². The molecule has 1 aliphatic rings. The van der Waals surface area contributed by atoms with Gasteiger partial charge in [0, 0.05) is 54.5 Å². The van der Waals surface area contributed by atoms with Crippen LogP contribution < -0.4 is 29.0 Å². The number of sulfonamides is 2. The first kappa shape index (κ1) is 33.7. The lowest BCUT2D eigenvalue weighted by atomic mass is 10.0. The number of ether oxygens (including phenoxy) is 3. The van der Waals surface area contributed by atoms with Gasteiger partial charge in [-0.1, -0.05) is 0 Å². The first-order valence-corrected chi connectivity index (χ1v) is 17.7. The highest BCUT2D eigenvalue weighted by Gasteiger charge is 2.31. The SMILES string of the molecule is COc1ncc(-c2cc(F)c3c(Nc4cc(NS(C)(=O)=O)cc(Oc5cc(F)cc(F)c5)c4)c(S(=O)(=O)NC4CC4)cnc3c2)c(OC)n1. The van der Waals surface area contributed by atoms with Crippen LogP contribution in [-0.2, 0) is 20.0 Å². The molecule has 0 amide bonds. The van der Waals surface area contributed by atoms with Gasteiger partial charge in [0.25, 0.3) is 0 Å². The molecule has 256 valence electrons. The number of hydrogen-bond acceptors (Lipinski definition) is 11. The zero-order valence-electron chi connectivity index (χ0n) is 25.9. The molecule has 0 atom stereocenters. The molecule has 0 radical (unpaired) electrons. The van der Waals surface area contributed by atoms with Crippen molar-refractivity contribution in [3.8, 4) is 34.5 Å². The van der Waals surface area contributed by atoms with Crippen LogP contribution in [0.2, 0.25) is 0 Å². The third kappa shape index (κ3) is 7.76. The van der Waals surface area contributed by atoms with Crippen LogP contribution in [0, 0.1) is 17.5 Å². The van der Waals surface area contributed by atoms with Gasteiger partial charge >= 0.3 is 6.01 Å². The molecule has 0 bridgehead atoms. The maximum Gasteiger partial charge on any atom is 0.319 e. The first-order valence-electron chi connectivity index (χ1n) is 14.3. The molecule has 0 spiro atoms. The topological polar surface area (TPSA) is 171 Å². The molecular formula is C31H27F3N6O7S2. The third-order valence-electron chi connectivity index (χ3n) is 7.04. The number of aromatic nitrogens is 3. The summed E-state index contributed by atoms with van der Waals surface area (Å²) in [7, 11) is -5.38. The molecule has 18 heteroatoms. The summed E-state index contributed by atoms with van der Waals surface area (Å²) in [5, 5.41) is 2.67. The second-order valence-corrected chi connectivity index (χ2v) is 14.4. The normalized spacial score (nSPS) is 13.3. The van der Waals surface area contributed by atoms with Crippen LogP contribution in [0.15, 0.2) is 65.8 Å². The van der Waals surface area contributed by atoms with Gasteiger partial charge in [-0.15, -0.1) is 0 Å². The molecule has 2 heterocycles. The highest BCUT2D eigenvalue weighted by atomic mass is 32.2. The molecule has 1 fully saturated rings. The fraction of sp³-hybridized carbons (Fsp3) is 0.194. The van der Waals surface area contributed by atoms with E-state index in [0.717, 1.165) is 30.7 Å². The number of methoxy groups -OCH3 is 2. The number of anilines is 3. The number of pyridine rings is 1. The maximum absolute atomic E-state index is 16.3.